The fourth-order valence-corrected chi connectivity index (χ4v) is 4.89. The highest BCUT2D eigenvalue weighted by Gasteiger charge is 2.18. The smallest absolute Gasteiger partial charge is 0.220 e. The molecule has 0 aliphatic heterocycles. The van der Waals surface area contributed by atoms with E-state index in [0.717, 1.165) is 21.8 Å². The van der Waals surface area contributed by atoms with E-state index in [1.165, 1.54) is 23.5 Å². The molecule has 0 saturated heterocycles. The molecule has 34 heavy (non-hydrogen) atoms. The van der Waals surface area contributed by atoms with Crippen molar-refractivity contribution in [2.75, 3.05) is 6.54 Å². The lowest BCUT2D eigenvalue weighted by Crippen LogP contribution is -2.27. The molecular weight excluding hydrogens is 447 g/mol. The van der Waals surface area contributed by atoms with E-state index in [2.05, 4.69) is 39.7 Å². The summed E-state index contributed by atoms with van der Waals surface area (Å²) in [6, 6.07) is 26.5. The number of thiazole rings is 1. The van der Waals surface area contributed by atoms with Crippen LogP contribution in [-0.4, -0.2) is 27.0 Å². The fraction of sp³-hybridized carbons (Fsp3) is 0.148. The van der Waals surface area contributed by atoms with Crippen molar-refractivity contribution in [2.45, 2.75) is 18.8 Å². The van der Waals surface area contributed by atoms with Crippen LogP contribution in [0, 0.1) is 5.82 Å². The van der Waals surface area contributed by atoms with Crippen LogP contribution >= 0.6 is 11.3 Å². The van der Waals surface area contributed by atoms with Crippen LogP contribution in [0.2, 0.25) is 0 Å². The number of amides is 1. The Labute approximate surface area is 200 Å². The monoisotopic (exact) mass is 470 g/mol. The van der Waals surface area contributed by atoms with E-state index >= 15 is 0 Å². The third-order valence-corrected chi connectivity index (χ3v) is 6.59. The van der Waals surface area contributed by atoms with Crippen molar-refractivity contribution in [1.82, 2.24) is 19.9 Å². The van der Waals surface area contributed by atoms with Gasteiger partial charge in [-0.15, -0.1) is 16.4 Å². The van der Waals surface area contributed by atoms with E-state index in [1.54, 1.807) is 16.6 Å². The zero-order valence-corrected chi connectivity index (χ0v) is 19.2. The number of rotatable bonds is 8. The van der Waals surface area contributed by atoms with Crippen molar-refractivity contribution in [3.63, 3.8) is 0 Å². The summed E-state index contributed by atoms with van der Waals surface area (Å²) < 4.78 is 15.3. The van der Waals surface area contributed by atoms with Crippen molar-refractivity contribution in [3.8, 4) is 11.4 Å². The van der Waals surface area contributed by atoms with Gasteiger partial charge in [0.25, 0.3) is 0 Å². The van der Waals surface area contributed by atoms with Gasteiger partial charge in [-0.1, -0.05) is 72.8 Å². The molecule has 0 spiro atoms. The highest BCUT2D eigenvalue weighted by molar-refractivity contribution is 7.15. The van der Waals surface area contributed by atoms with Crippen LogP contribution in [-0.2, 0) is 11.2 Å². The number of carbonyl (C=O) groups is 1. The number of halogens is 1. The molecule has 7 heteroatoms. The molecule has 2 heterocycles. The minimum Gasteiger partial charge on any atom is -0.356 e. The van der Waals surface area contributed by atoms with Crippen LogP contribution < -0.4 is 5.32 Å². The molecule has 2 aromatic heterocycles. The second kappa shape index (κ2) is 9.97. The maximum Gasteiger partial charge on any atom is 0.220 e. The molecule has 5 rings (SSSR count). The van der Waals surface area contributed by atoms with E-state index in [9.17, 15) is 9.18 Å². The number of fused-ring (bicyclic) bond motifs is 1. The van der Waals surface area contributed by atoms with E-state index < -0.39 is 0 Å². The first kappa shape index (κ1) is 22.0. The summed E-state index contributed by atoms with van der Waals surface area (Å²) in [7, 11) is 0. The third kappa shape index (κ3) is 4.89. The Hall–Kier alpha value is -3.84. The zero-order chi connectivity index (χ0) is 23.3. The Balaban J connectivity index is 1.24. The van der Waals surface area contributed by atoms with Crippen LogP contribution in [0.5, 0.6) is 0 Å². The molecule has 1 N–H and O–H groups in total. The van der Waals surface area contributed by atoms with Gasteiger partial charge in [-0.05, 0) is 23.3 Å². The fourth-order valence-electron chi connectivity index (χ4n) is 4.03. The van der Waals surface area contributed by atoms with Gasteiger partial charge in [-0.25, -0.2) is 8.91 Å². The molecule has 0 aliphatic rings. The van der Waals surface area contributed by atoms with Crippen molar-refractivity contribution < 1.29 is 9.18 Å². The molecule has 0 saturated carbocycles. The Kier molecular flexibility index (Phi) is 6.44. The molecule has 0 unspecified atom stereocenters. The summed E-state index contributed by atoms with van der Waals surface area (Å²) in [4.78, 5) is 18.1. The molecule has 1 amide bonds. The third-order valence-electron chi connectivity index (χ3n) is 5.73. The van der Waals surface area contributed by atoms with Gasteiger partial charge in [-0.2, -0.15) is 4.98 Å². The second-order valence-corrected chi connectivity index (χ2v) is 8.88. The van der Waals surface area contributed by atoms with E-state index in [1.807, 2.05) is 41.8 Å². The first-order valence-corrected chi connectivity index (χ1v) is 12.0. The Morgan fingerprint density at radius 2 is 1.68 bits per heavy atom. The minimum absolute atomic E-state index is 0.000559. The second-order valence-electron chi connectivity index (χ2n) is 8.05. The van der Waals surface area contributed by atoms with Crippen LogP contribution in [0.15, 0.2) is 90.3 Å². The largest absolute Gasteiger partial charge is 0.356 e. The van der Waals surface area contributed by atoms with Crippen molar-refractivity contribution in [2.24, 2.45) is 0 Å². The van der Waals surface area contributed by atoms with Crippen LogP contribution in [0.25, 0.3) is 16.3 Å². The Bertz CT molecular complexity index is 1360. The average Bonchev–Trinajstić information content (AvgIpc) is 3.45. The minimum atomic E-state index is -0.317. The van der Waals surface area contributed by atoms with Crippen molar-refractivity contribution >= 4 is 22.2 Å². The summed E-state index contributed by atoms with van der Waals surface area (Å²) in [6.45, 7) is 0.496. The van der Waals surface area contributed by atoms with Gasteiger partial charge in [0.1, 0.15) is 5.82 Å². The summed E-state index contributed by atoms with van der Waals surface area (Å²) in [5.74, 6) is 0.177. The quantitative estimate of drug-likeness (QED) is 0.327. The topological polar surface area (TPSA) is 59.3 Å². The molecule has 0 aliphatic carbocycles. The summed E-state index contributed by atoms with van der Waals surface area (Å²) in [5, 5.41) is 9.60. The normalized spacial score (nSPS) is 11.2. The number of carbonyl (C=O) groups excluding carboxylic acids is 1. The van der Waals surface area contributed by atoms with Gasteiger partial charge in [0.05, 0.1) is 5.69 Å². The van der Waals surface area contributed by atoms with Crippen LogP contribution in [0.1, 0.15) is 29.2 Å². The standard InChI is InChI=1S/C27H23FN4OS/c28-22-13-7-12-21(16-22)26-30-27-32(31-26)23(18-34-27)14-15-29-25(33)17-24(19-8-3-1-4-9-19)20-10-5-2-6-11-20/h1-13,16,18,24H,14-15,17H2,(H,29,33). The molecule has 0 bridgehead atoms. The maximum absolute atomic E-state index is 13.6. The van der Waals surface area contributed by atoms with Gasteiger partial charge >= 0.3 is 0 Å². The van der Waals surface area contributed by atoms with Crippen molar-refractivity contribution in [1.29, 1.82) is 0 Å². The predicted octanol–water partition coefficient (Wildman–Crippen LogP) is 5.48. The number of hydrogen-bond acceptors (Lipinski definition) is 4. The molecular formula is C27H23FN4OS. The summed E-state index contributed by atoms with van der Waals surface area (Å²) in [5.41, 5.74) is 3.84. The highest BCUT2D eigenvalue weighted by Crippen LogP contribution is 2.28. The molecule has 5 aromatic rings. The van der Waals surface area contributed by atoms with Crippen LogP contribution in [0.3, 0.4) is 0 Å². The van der Waals surface area contributed by atoms with E-state index in [-0.39, 0.29) is 17.6 Å². The highest BCUT2D eigenvalue weighted by atomic mass is 32.1. The average molecular weight is 471 g/mol. The van der Waals surface area contributed by atoms with E-state index in [0.29, 0.717) is 30.8 Å². The molecule has 170 valence electrons. The number of aromatic nitrogens is 3. The van der Waals surface area contributed by atoms with Gasteiger partial charge in [0, 0.05) is 36.2 Å². The molecule has 0 atom stereocenters. The number of hydrogen-bond donors (Lipinski definition) is 1. The Morgan fingerprint density at radius 3 is 2.35 bits per heavy atom. The Morgan fingerprint density at radius 1 is 0.971 bits per heavy atom. The van der Waals surface area contributed by atoms with Gasteiger partial charge in [-0.3, -0.25) is 4.79 Å². The molecule has 0 fully saturated rings. The maximum atomic E-state index is 13.6. The van der Waals surface area contributed by atoms with Gasteiger partial charge < -0.3 is 5.32 Å². The van der Waals surface area contributed by atoms with Gasteiger partial charge in [0.15, 0.2) is 5.82 Å². The lowest BCUT2D eigenvalue weighted by Gasteiger charge is -2.18. The number of benzene rings is 3. The summed E-state index contributed by atoms with van der Waals surface area (Å²) in [6.07, 6.45) is 0.999. The predicted molar refractivity (Wildman–Crippen MR) is 132 cm³/mol. The first-order chi connectivity index (χ1) is 16.7. The van der Waals surface area contributed by atoms with Crippen LogP contribution in [0.4, 0.5) is 4.39 Å². The number of nitrogens with zero attached hydrogens (tertiary/aromatic N) is 3. The molecule has 3 aromatic carbocycles. The number of nitrogens with one attached hydrogen (secondary N) is 1. The first-order valence-electron chi connectivity index (χ1n) is 11.1. The molecule has 0 radical (unpaired) electrons. The molecule has 5 nitrogen and oxygen atoms in total. The SMILES string of the molecule is O=C(CC(c1ccccc1)c1ccccc1)NCCc1csc2nc(-c3cccc(F)c3)nn12. The zero-order valence-electron chi connectivity index (χ0n) is 18.4. The lowest BCUT2D eigenvalue weighted by atomic mass is 9.88. The summed E-state index contributed by atoms with van der Waals surface area (Å²) >= 11 is 1.48. The van der Waals surface area contributed by atoms with Crippen molar-refractivity contribution in [3.05, 3.63) is 113 Å². The lowest BCUT2D eigenvalue weighted by molar-refractivity contribution is -0.121. The van der Waals surface area contributed by atoms with Gasteiger partial charge in [0.2, 0.25) is 10.9 Å². The van der Waals surface area contributed by atoms with E-state index in [4.69, 9.17) is 0 Å².